The van der Waals surface area contributed by atoms with Crippen molar-refractivity contribution in [2.75, 3.05) is 0 Å². The summed E-state index contributed by atoms with van der Waals surface area (Å²) in [4.78, 5) is 5.56. The number of sulfonamides is 1. The molecule has 3 heterocycles. The van der Waals surface area contributed by atoms with E-state index in [1.807, 2.05) is 22.9 Å². The highest BCUT2D eigenvalue weighted by atomic mass is 32.2. The Labute approximate surface area is 145 Å². The van der Waals surface area contributed by atoms with Gasteiger partial charge in [-0.25, -0.2) is 22.8 Å². The topological polar surface area (TPSA) is 98.0 Å². The molecular weight excluding hydrogens is 368 g/mol. The third-order valence-electron chi connectivity index (χ3n) is 3.27. The standard InChI is InChI=1S/C14H10N4O3S3/c19-24(20,12-5-1-3-10-13(12)18-21-17-10)15-7-9-8-23-14(16-9)11-4-2-6-22-11/h1-6,8,15H,7H2. The summed E-state index contributed by atoms with van der Waals surface area (Å²) < 4.78 is 32.2. The fourth-order valence-corrected chi connectivity index (χ4v) is 4.93. The second-order valence-electron chi connectivity index (χ2n) is 4.83. The van der Waals surface area contributed by atoms with E-state index in [2.05, 4.69) is 24.6 Å². The lowest BCUT2D eigenvalue weighted by atomic mass is 10.3. The molecule has 0 saturated carbocycles. The normalized spacial score (nSPS) is 12.0. The van der Waals surface area contributed by atoms with Crippen molar-refractivity contribution in [1.82, 2.24) is 20.0 Å². The minimum absolute atomic E-state index is 0.0370. The zero-order chi connectivity index (χ0) is 16.6. The Morgan fingerprint density at radius 1 is 1.12 bits per heavy atom. The molecule has 3 aromatic heterocycles. The molecule has 10 heteroatoms. The van der Waals surface area contributed by atoms with Gasteiger partial charge in [-0.15, -0.1) is 22.7 Å². The van der Waals surface area contributed by atoms with Crippen molar-refractivity contribution in [3.05, 3.63) is 46.8 Å². The van der Waals surface area contributed by atoms with E-state index in [1.54, 1.807) is 23.5 Å². The molecule has 122 valence electrons. The number of nitrogens with zero attached hydrogens (tertiary/aromatic N) is 3. The van der Waals surface area contributed by atoms with E-state index in [1.165, 1.54) is 17.4 Å². The van der Waals surface area contributed by atoms with Gasteiger partial charge in [-0.1, -0.05) is 12.1 Å². The molecule has 24 heavy (non-hydrogen) atoms. The smallest absolute Gasteiger partial charge is 0.243 e. The van der Waals surface area contributed by atoms with Gasteiger partial charge >= 0.3 is 0 Å². The fraction of sp³-hybridized carbons (Fsp3) is 0.0714. The van der Waals surface area contributed by atoms with Crippen molar-refractivity contribution in [3.8, 4) is 9.88 Å². The van der Waals surface area contributed by atoms with Crippen LogP contribution in [0.15, 0.2) is 50.6 Å². The number of thiazole rings is 1. The molecule has 0 fully saturated rings. The van der Waals surface area contributed by atoms with Gasteiger partial charge in [-0.05, 0) is 33.9 Å². The van der Waals surface area contributed by atoms with Crippen LogP contribution in [-0.4, -0.2) is 23.7 Å². The zero-order valence-electron chi connectivity index (χ0n) is 12.0. The van der Waals surface area contributed by atoms with Gasteiger partial charge in [0.25, 0.3) is 0 Å². The lowest BCUT2D eigenvalue weighted by molar-refractivity contribution is 0.315. The van der Waals surface area contributed by atoms with Crippen LogP contribution in [0.25, 0.3) is 20.9 Å². The van der Waals surface area contributed by atoms with Crippen molar-refractivity contribution in [3.63, 3.8) is 0 Å². The van der Waals surface area contributed by atoms with E-state index in [4.69, 9.17) is 0 Å². The minimum Gasteiger partial charge on any atom is -0.243 e. The van der Waals surface area contributed by atoms with Crippen LogP contribution in [0.5, 0.6) is 0 Å². The molecule has 1 aromatic carbocycles. The third kappa shape index (κ3) is 2.84. The summed E-state index contributed by atoms with van der Waals surface area (Å²) in [5.74, 6) is 0. The van der Waals surface area contributed by atoms with Crippen LogP contribution in [0.1, 0.15) is 5.69 Å². The number of nitrogens with one attached hydrogen (secondary N) is 1. The number of hydrogen-bond donors (Lipinski definition) is 1. The van der Waals surface area contributed by atoms with Crippen LogP contribution in [0.2, 0.25) is 0 Å². The highest BCUT2D eigenvalue weighted by Gasteiger charge is 2.20. The molecule has 4 aromatic rings. The average Bonchev–Trinajstić information content (AvgIpc) is 3.32. The first-order valence-electron chi connectivity index (χ1n) is 6.83. The molecule has 4 rings (SSSR count). The largest absolute Gasteiger partial charge is 0.243 e. The van der Waals surface area contributed by atoms with Gasteiger partial charge in [0.2, 0.25) is 10.0 Å². The SMILES string of the molecule is O=S(=O)(NCc1csc(-c2cccs2)n1)c1cccc2nonc12. The Balaban J connectivity index is 1.56. The Morgan fingerprint density at radius 2 is 2.04 bits per heavy atom. The maximum absolute atomic E-state index is 12.5. The summed E-state index contributed by atoms with van der Waals surface area (Å²) in [7, 11) is -3.74. The Hall–Kier alpha value is -2.14. The van der Waals surface area contributed by atoms with E-state index >= 15 is 0 Å². The Kier molecular flexibility index (Phi) is 3.88. The molecule has 0 aliphatic heterocycles. The molecule has 0 saturated heterocycles. The monoisotopic (exact) mass is 378 g/mol. The van der Waals surface area contributed by atoms with Gasteiger partial charge in [0.05, 0.1) is 17.1 Å². The fourth-order valence-electron chi connectivity index (χ4n) is 2.15. The molecule has 0 bridgehead atoms. The van der Waals surface area contributed by atoms with E-state index in [0.717, 1.165) is 9.88 Å². The average molecular weight is 378 g/mol. The lowest BCUT2D eigenvalue weighted by Gasteiger charge is -2.05. The predicted molar refractivity (Wildman–Crippen MR) is 91.3 cm³/mol. The number of benzene rings is 1. The highest BCUT2D eigenvalue weighted by molar-refractivity contribution is 7.89. The molecule has 0 atom stereocenters. The van der Waals surface area contributed by atoms with Crippen LogP contribution >= 0.6 is 22.7 Å². The summed E-state index contributed by atoms with van der Waals surface area (Å²) in [6.07, 6.45) is 0. The van der Waals surface area contributed by atoms with Crippen molar-refractivity contribution in [2.24, 2.45) is 0 Å². The zero-order valence-corrected chi connectivity index (χ0v) is 14.5. The maximum Gasteiger partial charge on any atom is 0.243 e. The number of hydrogen-bond acceptors (Lipinski definition) is 8. The summed E-state index contributed by atoms with van der Waals surface area (Å²) >= 11 is 3.08. The first-order valence-corrected chi connectivity index (χ1v) is 10.1. The van der Waals surface area contributed by atoms with Gasteiger partial charge < -0.3 is 0 Å². The van der Waals surface area contributed by atoms with Gasteiger partial charge in [-0.3, -0.25) is 0 Å². The van der Waals surface area contributed by atoms with Crippen molar-refractivity contribution >= 4 is 43.7 Å². The van der Waals surface area contributed by atoms with E-state index in [9.17, 15) is 8.42 Å². The van der Waals surface area contributed by atoms with Crippen molar-refractivity contribution < 1.29 is 13.0 Å². The van der Waals surface area contributed by atoms with Gasteiger partial charge in [0, 0.05) is 5.38 Å². The van der Waals surface area contributed by atoms with Crippen molar-refractivity contribution in [2.45, 2.75) is 11.4 Å². The van der Waals surface area contributed by atoms with Gasteiger partial charge in [0.15, 0.2) is 5.52 Å². The molecule has 7 nitrogen and oxygen atoms in total. The quantitative estimate of drug-likeness (QED) is 0.573. The minimum atomic E-state index is -3.74. The third-order valence-corrected chi connectivity index (χ3v) is 6.63. The van der Waals surface area contributed by atoms with Crippen molar-refractivity contribution in [1.29, 1.82) is 0 Å². The van der Waals surface area contributed by atoms with Crippen LogP contribution in [0.4, 0.5) is 0 Å². The maximum atomic E-state index is 12.5. The van der Waals surface area contributed by atoms with Crippen LogP contribution in [-0.2, 0) is 16.6 Å². The van der Waals surface area contributed by atoms with Gasteiger partial charge in [0.1, 0.15) is 15.4 Å². The van der Waals surface area contributed by atoms with Gasteiger partial charge in [-0.2, -0.15) is 0 Å². The van der Waals surface area contributed by atoms with Crippen LogP contribution in [0.3, 0.4) is 0 Å². The molecular formula is C14H10N4O3S3. The first-order chi connectivity index (χ1) is 11.6. The Bertz CT molecular complexity index is 1080. The highest BCUT2D eigenvalue weighted by Crippen LogP contribution is 2.28. The lowest BCUT2D eigenvalue weighted by Crippen LogP contribution is -2.23. The Morgan fingerprint density at radius 3 is 2.88 bits per heavy atom. The molecule has 0 spiro atoms. The number of thiophene rings is 1. The molecule has 0 unspecified atom stereocenters. The molecule has 1 N–H and O–H groups in total. The molecule has 0 amide bonds. The van der Waals surface area contributed by atoms with Crippen LogP contribution < -0.4 is 4.72 Å². The first kappa shape index (κ1) is 15.4. The van der Waals surface area contributed by atoms with Crippen LogP contribution in [0, 0.1) is 0 Å². The summed E-state index contributed by atoms with van der Waals surface area (Å²) in [6, 6.07) is 8.64. The number of fused-ring (bicyclic) bond motifs is 1. The molecule has 0 aliphatic carbocycles. The second-order valence-corrected chi connectivity index (χ2v) is 8.38. The number of aromatic nitrogens is 3. The van der Waals surface area contributed by atoms with E-state index in [-0.39, 0.29) is 17.0 Å². The molecule has 0 radical (unpaired) electrons. The summed E-state index contributed by atoms with van der Waals surface area (Å²) in [5.41, 5.74) is 1.27. The summed E-state index contributed by atoms with van der Waals surface area (Å²) in [5, 5.41) is 12.0. The van der Waals surface area contributed by atoms with E-state index < -0.39 is 10.0 Å². The number of rotatable bonds is 5. The predicted octanol–water partition coefficient (Wildman–Crippen LogP) is 2.89. The molecule has 0 aliphatic rings. The van der Waals surface area contributed by atoms with E-state index in [0.29, 0.717) is 11.2 Å². The second kappa shape index (κ2) is 6.06. The summed E-state index contributed by atoms with van der Waals surface area (Å²) in [6.45, 7) is 0.103.